The maximum absolute atomic E-state index is 12.0. The standard InChI is InChI=1S/C35H72N2O3/c1-6-8-10-12-14-16-18-19-21-23-25-27-30-37(31-29-36-34(39)40-35(3,4)5)32-33(38)28-26-24-22-20-17-15-13-11-9-7-2/h33,38H,6-32H2,1-5H3,(H,36,39). The van der Waals surface area contributed by atoms with Gasteiger partial charge in [-0.1, -0.05) is 149 Å². The lowest BCUT2D eigenvalue weighted by molar-refractivity contribution is 0.0515. The molecule has 1 unspecified atom stereocenters. The summed E-state index contributed by atoms with van der Waals surface area (Å²) in [7, 11) is 0. The third-order valence-electron chi connectivity index (χ3n) is 7.78. The first kappa shape index (κ1) is 39.2. The highest BCUT2D eigenvalue weighted by Gasteiger charge is 2.17. The van der Waals surface area contributed by atoms with Crippen molar-refractivity contribution in [2.75, 3.05) is 26.2 Å². The van der Waals surface area contributed by atoms with E-state index >= 15 is 0 Å². The fourth-order valence-electron chi connectivity index (χ4n) is 5.36. The van der Waals surface area contributed by atoms with Crippen LogP contribution in [-0.2, 0) is 4.74 Å². The highest BCUT2D eigenvalue weighted by Crippen LogP contribution is 2.14. The van der Waals surface area contributed by atoms with Crippen LogP contribution in [0.5, 0.6) is 0 Å². The number of rotatable bonds is 29. The van der Waals surface area contributed by atoms with E-state index < -0.39 is 5.60 Å². The fourth-order valence-corrected chi connectivity index (χ4v) is 5.36. The Labute approximate surface area is 251 Å². The predicted octanol–water partition coefficient (Wildman–Crippen LogP) is 10.2. The molecule has 0 spiro atoms. The van der Waals surface area contributed by atoms with Crippen molar-refractivity contribution in [2.24, 2.45) is 0 Å². The highest BCUT2D eigenvalue weighted by atomic mass is 16.6. The smallest absolute Gasteiger partial charge is 0.407 e. The van der Waals surface area contributed by atoms with Crippen LogP contribution in [0.15, 0.2) is 0 Å². The van der Waals surface area contributed by atoms with Crippen LogP contribution in [0.3, 0.4) is 0 Å². The van der Waals surface area contributed by atoms with Crippen LogP contribution in [0.4, 0.5) is 4.79 Å². The SMILES string of the molecule is CCCCCCCCCCCCCCN(CCNC(=O)OC(C)(C)C)CC(O)CCCCCCCCCCCC. The predicted molar refractivity (Wildman–Crippen MR) is 174 cm³/mol. The van der Waals surface area contributed by atoms with E-state index in [2.05, 4.69) is 24.1 Å². The summed E-state index contributed by atoms with van der Waals surface area (Å²) in [5.74, 6) is 0. The molecule has 0 aliphatic rings. The van der Waals surface area contributed by atoms with E-state index in [0.29, 0.717) is 13.1 Å². The van der Waals surface area contributed by atoms with Crippen molar-refractivity contribution in [3.63, 3.8) is 0 Å². The number of ether oxygens (including phenoxy) is 1. The minimum Gasteiger partial charge on any atom is -0.444 e. The summed E-state index contributed by atoms with van der Waals surface area (Å²) in [6.07, 6.45) is 29.6. The number of hydrogen-bond donors (Lipinski definition) is 2. The number of hydrogen-bond acceptors (Lipinski definition) is 4. The van der Waals surface area contributed by atoms with Gasteiger partial charge in [0, 0.05) is 19.6 Å². The maximum atomic E-state index is 12.0. The molecule has 1 amide bonds. The Morgan fingerprint density at radius 2 is 1.05 bits per heavy atom. The first-order valence-electron chi connectivity index (χ1n) is 17.7. The number of unbranched alkanes of at least 4 members (excludes halogenated alkanes) is 20. The molecule has 0 aliphatic heterocycles. The van der Waals surface area contributed by atoms with Crippen LogP contribution in [0, 0.1) is 0 Å². The molecule has 0 saturated carbocycles. The van der Waals surface area contributed by atoms with E-state index in [1.54, 1.807) is 0 Å². The van der Waals surface area contributed by atoms with Gasteiger partial charge in [0.25, 0.3) is 0 Å². The van der Waals surface area contributed by atoms with Gasteiger partial charge in [-0.25, -0.2) is 4.79 Å². The van der Waals surface area contributed by atoms with Gasteiger partial charge in [0.2, 0.25) is 0 Å². The fraction of sp³-hybridized carbons (Fsp3) is 0.971. The van der Waals surface area contributed by atoms with Gasteiger partial charge in [-0.3, -0.25) is 4.90 Å². The molecule has 0 aromatic rings. The largest absolute Gasteiger partial charge is 0.444 e. The second-order valence-electron chi connectivity index (χ2n) is 13.2. The molecule has 0 aliphatic carbocycles. The number of carbonyl (C=O) groups is 1. The van der Waals surface area contributed by atoms with Gasteiger partial charge < -0.3 is 15.2 Å². The number of nitrogens with one attached hydrogen (secondary N) is 1. The molecule has 0 bridgehead atoms. The number of alkyl carbamates (subject to hydrolysis) is 1. The molecular weight excluding hydrogens is 496 g/mol. The zero-order valence-corrected chi connectivity index (χ0v) is 27.9. The molecule has 0 aromatic heterocycles. The second kappa shape index (κ2) is 28.3. The molecule has 0 saturated heterocycles. The summed E-state index contributed by atoms with van der Waals surface area (Å²) in [5, 5.41) is 13.6. The summed E-state index contributed by atoms with van der Waals surface area (Å²) < 4.78 is 5.38. The van der Waals surface area contributed by atoms with Gasteiger partial charge in [0.1, 0.15) is 5.60 Å². The maximum Gasteiger partial charge on any atom is 0.407 e. The number of aliphatic hydroxyl groups is 1. The quantitative estimate of drug-likeness (QED) is 0.0881. The summed E-state index contributed by atoms with van der Waals surface area (Å²) in [4.78, 5) is 14.4. The van der Waals surface area contributed by atoms with Crippen molar-refractivity contribution >= 4 is 6.09 Å². The van der Waals surface area contributed by atoms with Gasteiger partial charge in [-0.15, -0.1) is 0 Å². The van der Waals surface area contributed by atoms with Gasteiger partial charge >= 0.3 is 6.09 Å². The topological polar surface area (TPSA) is 61.8 Å². The minimum atomic E-state index is -0.482. The lowest BCUT2D eigenvalue weighted by atomic mass is 10.0. The lowest BCUT2D eigenvalue weighted by Gasteiger charge is -2.26. The van der Waals surface area contributed by atoms with Crippen LogP contribution in [0.25, 0.3) is 0 Å². The van der Waals surface area contributed by atoms with E-state index in [0.717, 1.165) is 32.4 Å². The first-order chi connectivity index (χ1) is 19.3. The van der Waals surface area contributed by atoms with Crippen molar-refractivity contribution in [1.29, 1.82) is 0 Å². The molecule has 240 valence electrons. The third-order valence-corrected chi connectivity index (χ3v) is 7.78. The second-order valence-corrected chi connectivity index (χ2v) is 13.2. The van der Waals surface area contributed by atoms with E-state index in [9.17, 15) is 9.90 Å². The molecule has 0 aromatic carbocycles. The monoisotopic (exact) mass is 569 g/mol. The van der Waals surface area contributed by atoms with Crippen LogP contribution in [-0.4, -0.2) is 54.0 Å². The number of nitrogens with zero attached hydrogens (tertiary/aromatic N) is 1. The van der Waals surface area contributed by atoms with Crippen molar-refractivity contribution in [3.05, 3.63) is 0 Å². The molecular formula is C35H72N2O3. The molecule has 0 fully saturated rings. The zero-order valence-electron chi connectivity index (χ0n) is 27.9. The molecule has 0 rings (SSSR count). The average molecular weight is 569 g/mol. The molecule has 5 heteroatoms. The molecule has 0 radical (unpaired) electrons. The Morgan fingerprint density at radius 1 is 0.650 bits per heavy atom. The number of carbonyl (C=O) groups excluding carboxylic acids is 1. The van der Waals surface area contributed by atoms with E-state index in [1.165, 1.54) is 128 Å². The van der Waals surface area contributed by atoms with Crippen molar-refractivity contribution < 1.29 is 14.6 Å². The Balaban J connectivity index is 4.14. The lowest BCUT2D eigenvalue weighted by Crippen LogP contribution is -2.41. The zero-order chi connectivity index (χ0) is 29.7. The van der Waals surface area contributed by atoms with Crippen LogP contribution >= 0.6 is 0 Å². The first-order valence-corrected chi connectivity index (χ1v) is 17.7. The Kier molecular flexibility index (Phi) is 27.7. The van der Waals surface area contributed by atoms with E-state index in [-0.39, 0.29) is 12.2 Å². The normalized spacial score (nSPS) is 12.7. The van der Waals surface area contributed by atoms with Crippen LogP contribution in [0.1, 0.15) is 182 Å². The summed E-state index contributed by atoms with van der Waals surface area (Å²) in [6, 6.07) is 0. The van der Waals surface area contributed by atoms with E-state index in [1.807, 2.05) is 20.8 Å². The Morgan fingerprint density at radius 3 is 1.48 bits per heavy atom. The molecule has 0 heterocycles. The average Bonchev–Trinajstić information content (AvgIpc) is 2.89. The summed E-state index contributed by atoms with van der Waals surface area (Å²) >= 11 is 0. The van der Waals surface area contributed by atoms with Gasteiger partial charge in [-0.05, 0) is 40.2 Å². The molecule has 40 heavy (non-hydrogen) atoms. The van der Waals surface area contributed by atoms with Crippen molar-refractivity contribution in [1.82, 2.24) is 10.2 Å². The third kappa shape index (κ3) is 30.2. The highest BCUT2D eigenvalue weighted by molar-refractivity contribution is 5.67. The van der Waals surface area contributed by atoms with Gasteiger partial charge in [0.05, 0.1) is 6.10 Å². The van der Waals surface area contributed by atoms with Crippen molar-refractivity contribution in [2.45, 2.75) is 194 Å². The number of amides is 1. The Hall–Kier alpha value is -0.810. The Bertz CT molecular complexity index is 535. The molecule has 5 nitrogen and oxygen atoms in total. The molecule has 2 N–H and O–H groups in total. The van der Waals surface area contributed by atoms with E-state index in [4.69, 9.17) is 4.74 Å². The minimum absolute atomic E-state index is 0.284. The van der Waals surface area contributed by atoms with Crippen LogP contribution in [0.2, 0.25) is 0 Å². The summed E-state index contributed by atoms with van der Waals surface area (Å²) in [6.45, 7) is 13.2. The van der Waals surface area contributed by atoms with Gasteiger partial charge in [0.15, 0.2) is 0 Å². The van der Waals surface area contributed by atoms with Crippen molar-refractivity contribution in [3.8, 4) is 0 Å². The van der Waals surface area contributed by atoms with Crippen LogP contribution < -0.4 is 5.32 Å². The number of aliphatic hydroxyl groups excluding tert-OH is 1. The molecule has 1 atom stereocenters. The summed E-state index contributed by atoms with van der Waals surface area (Å²) in [5.41, 5.74) is -0.482. The van der Waals surface area contributed by atoms with Gasteiger partial charge in [-0.2, -0.15) is 0 Å².